The molecular formula is C10H15NOS. The summed E-state index contributed by atoms with van der Waals surface area (Å²) in [6.07, 6.45) is 7.33. The van der Waals surface area contributed by atoms with Crippen LogP contribution in [0.1, 0.15) is 12.8 Å². The molecule has 1 aliphatic rings. The van der Waals surface area contributed by atoms with Crippen LogP contribution in [0.4, 0.5) is 0 Å². The standard InChI is InChI=1S/C10H15NOS/c1-3-6-11(2)10(12)9-5-4-7-13-8-9/h1,9H,4-8H2,2H3. The fourth-order valence-corrected chi connectivity index (χ4v) is 2.59. The monoisotopic (exact) mass is 197 g/mol. The summed E-state index contributed by atoms with van der Waals surface area (Å²) in [5.41, 5.74) is 0. The van der Waals surface area contributed by atoms with E-state index < -0.39 is 0 Å². The summed E-state index contributed by atoms with van der Waals surface area (Å²) < 4.78 is 0. The van der Waals surface area contributed by atoms with Gasteiger partial charge in [-0.05, 0) is 18.6 Å². The van der Waals surface area contributed by atoms with Gasteiger partial charge in [-0.3, -0.25) is 4.79 Å². The Kier molecular flexibility index (Phi) is 4.17. The lowest BCUT2D eigenvalue weighted by Crippen LogP contribution is -2.35. The highest BCUT2D eigenvalue weighted by Crippen LogP contribution is 2.23. The minimum atomic E-state index is 0.206. The number of rotatable bonds is 2. The molecule has 1 amide bonds. The van der Waals surface area contributed by atoms with E-state index in [1.54, 1.807) is 11.9 Å². The molecule has 72 valence electrons. The van der Waals surface area contributed by atoms with Crippen molar-refractivity contribution in [2.45, 2.75) is 12.8 Å². The Bertz CT molecular complexity index is 215. The van der Waals surface area contributed by atoms with Crippen LogP contribution in [0.5, 0.6) is 0 Å². The summed E-state index contributed by atoms with van der Waals surface area (Å²) in [7, 11) is 1.78. The number of hydrogen-bond donors (Lipinski definition) is 0. The van der Waals surface area contributed by atoms with Crippen LogP contribution >= 0.6 is 11.8 Å². The molecule has 1 rings (SSSR count). The van der Waals surface area contributed by atoms with Crippen LogP contribution in [0.3, 0.4) is 0 Å². The Morgan fingerprint density at radius 1 is 1.77 bits per heavy atom. The molecule has 0 radical (unpaired) electrons. The summed E-state index contributed by atoms with van der Waals surface area (Å²) in [5.74, 6) is 5.07. The van der Waals surface area contributed by atoms with Gasteiger partial charge in [0.2, 0.25) is 5.91 Å². The van der Waals surface area contributed by atoms with E-state index in [0.29, 0.717) is 6.54 Å². The SMILES string of the molecule is C#CCN(C)C(=O)C1CCCSC1. The van der Waals surface area contributed by atoms with Gasteiger partial charge in [0.25, 0.3) is 0 Å². The third kappa shape index (κ3) is 2.96. The van der Waals surface area contributed by atoms with Crippen molar-refractivity contribution < 1.29 is 4.79 Å². The molecular weight excluding hydrogens is 182 g/mol. The van der Waals surface area contributed by atoms with E-state index in [-0.39, 0.29) is 11.8 Å². The van der Waals surface area contributed by atoms with Gasteiger partial charge in [-0.1, -0.05) is 5.92 Å². The van der Waals surface area contributed by atoms with Crippen LogP contribution in [-0.4, -0.2) is 35.9 Å². The van der Waals surface area contributed by atoms with Gasteiger partial charge in [0.1, 0.15) is 0 Å². The minimum absolute atomic E-state index is 0.206. The number of thioether (sulfide) groups is 1. The smallest absolute Gasteiger partial charge is 0.227 e. The Morgan fingerprint density at radius 2 is 2.54 bits per heavy atom. The molecule has 2 nitrogen and oxygen atoms in total. The zero-order valence-electron chi connectivity index (χ0n) is 7.95. The van der Waals surface area contributed by atoms with Gasteiger partial charge in [-0.15, -0.1) is 6.42 Å². The highest BCUT2D eigenvalue weighted by molar-refractivity contribution is 7.99. The topological polar surface area (TPSA) is 20.3 Å². The summed E-state index contributed by atoms with van der Waals surface area (Å²) in [6, 6.07) is 0. The molecule has 0 aromatic heterocycles. The Morgan fingerprint density at radius 3 is 3.08 bits per heavy atom. The normalized spacial score (nSPS) is 22.0. The molecule has 1 saturated heterocycles. The first kappa shape index (κ1) is 10.5. The van der Waals surface area contributed by atoms with Gasteiger partial charge >= 0.3 is 0 Å². The average molecular weight is 197 g/mol. The van der Waals surface area contributed by atoms with Gasteiger partial charge in [0, 0.05) is 18.7 Å². The second-order valence-corrected chi connectivity index (χ2v) is 4.46. The maximum Gasteiger partial charge on any atom is 0.227 e. The zero-order chi connectivity index (χ0) is 9.68. The van der Waals surface area contributed by atoms with E-state index in [9.17, 15) is 4.79 Å². The Hall–Kier alpha value is -0.620. The zero-order valence-corrected chi connectivity index (χ0v) is 8.77. The molecule has 0 N–H and O–H groups in total. The molecule has 13 heavy (non-hydrogen) atoms. The molecule has 0 bridgehead atoms. The van der Waals surface area contributed by atoms with Gasteiger partial charge in [-0.2, -0.15) is 11.8 Å². The molecule has 1 heterocycles. The highest BCUT2D eigenvalue weighted by Gasteiger charge is 2.23. The van der Waals surface area contributed by atoms with Crippen LogP contribution in [0.2, 0.25) is 0 Å². The quantitative estimate of drug-likeness (QED) is 0.620. The van der Waals surface area contributed by atoms with Crippen molar-refractivity contribution in [3.05, 3.63) is 0 Å². The van der Waals surface area contributed by atoms with Crippen LogP contribution in [0.15, 0.2) is 0 Å². The molecule has 0 aromatic rings. The van der Waals surface area contributed by atoms with Crippen LogP contribution < -0.4 is 0 Å². The first-order valence-electron chi connectivity index (χ1n) is 4.52. The minimum Gasteiger partial charge on any atom is -0.334 e. The first-order valence-corrected chi connectivity index (χ1v) is 5.67. The number of terminal acetylenes is 1. The lowest BCUT2D eigenvalue weighted by atomic mass is 10.0. The van der Waals surface area contributed by atoms with E-state index in [2.05, 4.69) is 5.92 Å². The van der Waals surface area contributed by atoms with E-state index in [0.717, 1.165) is 18.6 Å². The third-order valence-electron chi connectivity index (χ3n) is 2.21. The molecule has 1 aliphatic heterocycles. The largest absolute Gasteiger partial charge is 0.334 e. The molecule has 1 atom stereocenters. The molecule has 0 spiro atoms. The van der Waals surface area contributed by atoms with Gasteiger partial charge in [-0.25, -0.2) is 0 Å². The average Bonchev–Trinajstić information content (AvgIpc) is 2.18. The second-order valence-electron chi connectivity index (χ2n) is 3.31. The maximum absolute atomic E-state index is 11.7. The number of hydrogen-bond acceptors (Lipinski definition) is 2. The number of nitrogens with zero attached hydrogens (tertiary/aromatic N) is 1. The van der Waals surface area contributed by atoms with Crippen LogP contribution in [0.25, 0.3) is 0 Å². The fraction of sp³-hybridized carbons (Fsp3) is 0.700. The summed E-state index contributed by atoms with van der Waals surface area (Å²) >= 11 is 1.87. The van der Waals surface area contributed by atoms with E-state index in [1.165, 1.54) is 5.75 Å². The van der Waals surface area contributed by atoms with Crippen molar-refractivity contribution in [1.29, 1.82) is 0 Å². The number of amides is 1. The highest BCUT2D eigenvalue weighted by atomic mass is 32.2. The van der Waals surface area contributed by atoms with Crippen molar-refractivity contribution >= 4 is 17.7 Å². The molecule has 0 aliphatic carbocycles. The van der Waals surface area contributed by atoms with E-state index in [4.69, 9.17) is 6.42 Å². The van der Waals surface area contributed by atoms with Crippen molar-refractivity contribution in [1.82, 2.24) is 4.90 Å². The Labute approximate surface area is 84.1 Å². The van der Waals surface area contributed by atoms with Crippen molar-refractivity contribution in [2.24, 2.45) is 5.92 Å². The molecule has 1 unspecified atom stereocenters. The lowest BCUT2D eigenvalue weighted by molar-refractivity contribution is -0.133. The third-order valence-corrected chi connectivity index (χ3v) is 3.43. The predicted molar refractivity (Wildman–Crippen MR) is 56.5 cm³/mol. The van der Waals surface area contributed by atoms with Gasteiger partial charge in [0.05, 0.1) is 6.54 Å². The fourth-order valence-electron chi connectivity index (χ4n) is 1.46. The van der Waals surface area contributed by atoms with Crippen molar-refractivity contribution in [2.75, 3.05) is 25.1 Å². The summed E-state index contributed by atoms with van der Waals surface area (Å²) in [5, 5.41) is 0. The van der Waals surface area contributed by atoms with E-state index in [1.807, 2.05) is 11.8 Å². The van der Waals surface area contributed by atoms with Crippen LogP contribution in [0, 0.1) is 18.3 Å². The molecule has 0 saturated carbocycles. The predicted octanol–water partition coefficient (Wildman–Crippen LogP) is 1.22. The van der Waals surface area contributed by atoms with Crippen LogP contribution in [-0.2, 0) is 4.79 Å². The van der Waals surface area contributed by atoms with Gasteiger partial charge in [0.15, 0.2) is 0 Å². The lowest BCUT2D eigenvalue weighted by Gasteiger charge is -2.24. The molecule has 1 fully saturated rings. The molecule has 3 heteroatoms. The Balaban J connectivity index is 2.41. The first-order chi connectivity index (χ1) is 6.25. The number of carbonyl (C=O) groups is 1. The number of carbonyl (C=O) groups excluding carboxylic acids is 1. The summed E-state index contributed by atoms with van der Waals surface area (Å²) in [6.45, 7) is 0.431. The van der Waals surface area contributed by atoms with Gasteiger partial charge < -0.3 is 4.90 Å². The molecule has 0 aromatic carbocycles. The van der Waals surface area contributed by atoms with E-state index >= 15 is 0 Å². The summed E-state index contributed by atoms with van der Waals surface area (Å²) in [4.78, 5) is 13.4. The van der Waals surface area contributed by atoms with Crippen molar-refractivity contribution in [3.63, 3.8) is 0 Å². The second kappa shape index (κ2) is 5.18. The maximum atomic E-state index is 11.7. The van der Waals surface area contributed by atoms with Crippen molar-refractivity contribution in [3.8, 4) is 12.3 Å².